The van der Waals surface area contributed by atoms with Crippen molar-refractivity contribution in [1.82, 2.24) is 0 Å². The lowest BCUT2D eigenvalue weighted by atomic mass is 9.96. The first-order valence-electron chi connectivity index (χ1n) is 6.32. The average molecular weight is 288 g/mol. The van der Waals surface area contributed by atoms with Crippen molar-refractivity contribution in [3.63, 3.8) is 0 Å². The second-order valence-electron chi connectivity index (χ2n) is 5.85. The first kappa shape index (κ1) is 15.2. The van der Waals surface area contributed by atoms with Crippen molar-refractivity contribution in [3.8, 4) is 0 Å². The molecule has 0 aliphatic carbocycles. The standard InChI is InChI=1S/C12H20N2O6/c1-11(2)17-5-6(7(19-11)9(13)15)18-12(3,4)20-8(5)10(14)16/h5-8H,1-4H3,(H2,13,15)(H2,14,16). The number of ether oxygens (including phenoxy) is 4. The Balaban J connectivity index is 2.38. The number of primary amides is 2. The molecule has 0 aromatic rings. The van der Waals surface area contributed by atoms with E-state index in [0.717, 1.165) is 0 Å². The third-order valence-electron chi connectivity index (χ3n) is 3.14. The largest absolute Gasteiger partial charge is 0.367 e. The van der Waals surface area contributed by atoms with Crippen LogP contribution in [0.2, 0.25) is 0 Å². The van der Waals surface area contributed by atoms with Crippen LogP contribution < -0.4 is 11.5 Å². The van der Waals surface area contributed by atoms with Gasteiger partial charge in [0.15, 0.2) is 23.8 Å². The van der Waals surface area contributed by atoms with E-state index in [4.69, 9.17) is 30.4 Å². The average Bonchev–Trinajstić information content (AvgIpc) is 2.26. The van der Waals surface area contributed by atoms with E-state index < -0.39 is 47.8 Å². The summed E-state index contributed by atoms with van der Waals surface area (Å²) in [4.78, 5) is 23.2. The fraction of sp³-hybridized carbons (Fsp3) is 0.833. The number of fused-ring (bicyclic) bond motifs is 1. The highest BCUT2D eigenvalue weighted by Gasteiger charge is 2.56. The molecule has 0 spiro atoms. The number of hydrogen-bond donors (Lipinski definition) is 2. The maximum Gasteiger partial charge on any atom is 0.249 e. The second-order valence-corrected chi connectivity index (χ2v) is 5.85. The minimum Gasteiger partial charge on any atom is -0.367 e. The maximum atomic E-state index is 11.6. The molecule has 2 fully saturated rings. The zero-order valence-corrected chi connectivity index (χ0v) is 11.9. The first-order valence-corrected chi connectivity index (χ1v) is 6.32. The van der Waals surface area contributed by atoms with Crippen molar-refractivity contribution < 1.29 is 28.5 Å². The molecule has 0 radical (unpaired) electrons. The van der Waals surface area contributed by atoms with Crippen LogP contribution in [0.1, 0.15) is 27.7 Å². The normalized spacial score (nSPS) is 38.8. The molecule has 2 heterocycles. The van der Waals surface area contributed by atoms with Crippen LogP contribution in [0, 0.1) is 0 Å². The van der Waals surface area contributed by atoms with E-state index in [0.29, 0.717) is 0 Å². The molecule has 0 saturated carbocycles. The van der Waals surface area contributed by atoms with E-state index in [9.17, 15) is 9.59 Å². The molecule has 20 heavy (non-hydrogen) atoms. The number of hydrogen-bond acceptors (Lipinski definition) is 6. The third-order valence-corrected chi connectivity index (χ3v) is 3.14. The van der Waals surface area contributed by atoms with Gasteiger partial charge in [-0.3, -0.25) is 9.59 Å². The highest BCUT2D eigenvalue weighted by Crippen LogP contribution is 2.38. The lowest BCUT2D eigenvalue weighted by Crippen LogP contribution is -2.69. The van der Waals surface area contributed by atoms with Crippen molar-refractivity contribution in [2.24, 2.45) is 11.5 Å². The SMILES string of the molecule is CC1(C)OC(C(N)=O)C2OC(C)(C)OC(C(N)=O)C2O1. The van der Waals surface area contributed by atoms with Gasteiger partial charge in [0.1, 0.15) is 12.2 Å². The van der Waals surface area contributed by atoms with E-state index in [1.807, 2.05) is 0 Å². The fourth-order valence-electron chi connectivity index (χ4n) is 2.50. The molecule has 8 heteroatoms. The Hall–Kier alpha value is -1.22. The molecule has 2 aliphatic rings. The molecule has 2 aliphatic heterocycles. The maximum absolute atomic E-state index is 11.6. The molecule has 0 aromatic carbocycles. The number of carbonyl (C=O) groups is 2. The Morgan fingerprint density at radius 3 is 1.30 bits per heavy atom. The Morgan fingerprint density at radius 2 is 1.05 bits per heavy atom. The summed E-state index contributed by atoms with van der Waals surface area (Å²) in [6.45, 7) is 6.43. The Bertz CT molecular complexity index is 396. The zero-order chi connectivity index (χ0) is 15.3. The summed E-state index contributed by atoms with van der Waals surface area (Å²) in [7, 11) is 0. The molecule has 4 N–H and O–H groups in total. The number of nitrogens with two attached hydrogens (primary N) is 2. The predicted octanol–water partition coefficient (Wildman–Crippen LogP) is -1.00. The monoisotopic (exact) mass is 288 g/mol. The molecule has 2 rings (SSSR count). The van der Waals surface area contributed by atoms with Crippen LogP contribution in [0.15, 0.2) is 0 Å². The highest BCUT2D eigenvalue weighted by atomic mass is 16.8. The van der Waals surface area contributed by atoms with E-state index in [1.165, 1.54) is 0 Å². The fourth-order valence-corrected chi connectivity index (χ4v) is 2.50. The van der Waals surface area contributed by atoms with Crippen LogP contribution in [-0.2, 0) is 28.5 Å². The number of amides is 2. The topological polar surface area (TPSA) is 123 Å². The van der Waals surface area contributed by atoms with Gasteiger partial charge in [-0.05, 0) is 27.7 Å². The van der Waals surface area contributed by atoms with Gasteiger partial charge in [0.05, 0.1) is 0 Å². The Morgan fingerprint density at radius 1 is 0.750 bits per heavy atom. The molecular formula is C12H20N2O6. The van der Waals surface area contributed by atoms with Gasteiger partial charge < -0.3 is 30.4 Å². The zero-order valence-electron chi connectivity index (χ0n) is 11.9. The van der Waals surface area contributed by atoms with Gasteiger partial charge in [-0.25, -0.2) is 0 Å². The molecule has 2 saturated heterocycles. The predicted molar refractivity (Wildman–Crippen MR) is 66.0 cm³/mol. The van der Waals surface area contributed by atoms with Crippen molar-refractivity contribution >= 4 is 11.8 Å². The number of rotatable bonds is 2. The molecular weight excluding hydrogens is 268 g/mol. The molecule has 0 bridgehead atoms. The van der Waals surface area contributed by atoms with Crippen LogP contribution in [0.5, 0.6) is 0 Å². The van der Waals surface area contributed by atoms with E-state index >= 15 is 0 Å². The van der Waals surface area contributed by atoms with Crippen LogP contribution in [0.4, 0.5) is 0 Å². The molecule has 4 unspecified atom stereocenters. The van der Waals surface area contributed by atoms with Crippen LogP contribution in [-0.4, -0.2) is 47.8 Å². The van der Waals surface area contributed by atoms with Gasteiger partial charge in [0.2, 0.25) is 11.8 Å². The Labute approximate surface area is 116 Å². The van der Waals surface area contributed by atoms with E-state index in [-0.39, 0.29) is 0 Å². The van der Waals surface area contributed by atoms with Crippen LogP contribution in [0.3, 0.4) is 0 Å². The van der Waals surface area contributed by atoms with Gasteiger partial charge in [-0.15, -0.1) is 0 Å². The Kier molecular flexibility index (Phi) is 3.53. The van der Waals surface area contributed by atoms with Crippen molar-refractivity contribution in [2.75, 3.05) is 0 Å². The second kappa shape index (κ2) is 4.66. The van der Waals surface area contributed by atoms with Gasteiger partial charge in [0.25, 0.3) is 0 Å². The van der Waals surface area contributed by atoms with Crippen LogP contribution in [0.25, 0.3) is 0 Å². The summed E-state index contributed by atoms with van der Waals surface area (Å²) in [5.41, 5.74) is 10.7. The molecule has 0 aromatic heterocycles. The molecule has 114 valence electrons. The quantitative estimate of drug-likeness (QED) is 0.671. The van der Waals surface area contributed by atoms with Gasteiger partial charge in [-0.1, -0.05) is 0 Å². The van der Waals surface area contributed by atoms with Gasteiger partial charge >= 0.3 is 0 Å². The smallest absolute Gasteiger partial charge is 0.249 e. The molecule has 8 nitrogen and oxygen atoms in total. The summed E-state index contributed by atoms with van der Waals surface area (Å²) in [5, 5.41) is 0. The third kappa shape index (κ3) is 2.78. The number of carbonyl (C=O) groups excluding carboxylic acids is 2. The van der Waals surface area contributed by atoms with E-state index in [2.05, 4.69) is 0 Å². The summed E-state index contributed by atoms with van der Waals surface area (Å²) in [6.07, 6.45) is -3.81. The van der Waals surface area contributed by atoms with Crippen molar-refractivity contribution in [2.45, 2.75) is 63.7 Å². The van der Waals surface area contributed by atoms with Gasteiger partial charge in [0, 0.05) is 0 Å². The minimum atomic E-state index is -1.11. The summed E-state index contributed by atoms with van der Waals surface area (Å²) in [5.74, 6) is -3.61. The van der Waals surface area contributed by atoms with Crippen molar-refractivity contribution in [1.29, 1.82) is 0 Å². The van der Waals surface area contributed by atoms with Gasteiger partial charge in [-0.2, -0.15) is 0 Å². The van der Waals surface area contributed by atoms with Crippen molar-refractivity contribution in [3.05, 3.63) is 0 Å². The lowest BCUT2D eigenvalue weighted by molar-refractivity contribution is -0.411. The summed E-state index contributed by atoms with van der Waals surface area (Å²) in [6, 6.07) is 0. The minimum absolute atomic E-state index is 0.697. The lowest BCUT2D eigenvalue weighted by Gasteiger charge is -2.52. The highest BCUT2D eigenvalue weighted by molar-refractivity contribution is 5.82. The van der Waals surface area contributed by atoms with E-state index in [1.54, 1.807) is 27.7 Å². The summed E-state index contributed by atoms with van der Waals surface area (Å²) >= 11 is 0. The molecule has 4 atom stereocenters. The summed E-state index contributed by atoms with van der Waals surface area (Å²) < 4.78 is 22.3. The first-order chi connectivity index (χ1) is 9.02. The van der Waals surface area contributed by atoms with Crippen LogP contribution >= 0.6 is 0 Å². The molecule has 2 amide bonds.